The van der Waals surface area contributed by atoms with Crippen LogP contribution >= 0.6 is 0 Å². The fourth-order valence-corrected chi connectivity index (χ4v) is 2.74. The zero-order valence-corrected chi connectivity index (χ0v) is 12.0. The van der Waals surface area contributed by atoms with Gasteiger partial charge in [-0.05, 0) is 12.0 Å². The highest BCUT2D eigenvalue weighted by Gasteiger charge is 2.15. The first-order chi connectivity index (χ1) is 9.51. The molecule has 0 fully saturated rings. The van der Waals surface area contributed by atoms with Crippen molar-refractivity contribution >= 4 is 10.0 Å². The van der Waals surface area contributed by atoms with E-state index in [4.69, 9.17) is 5.73 Å². The lowest BCUT2D eigenvalue weighted by molar-refractivity contribution is 0.580. The van der Waals surface area contributed by atoms with Crippen molar-refractivity contribution in [3.8, 4) is 0 Å². The minimum Gasteiger partial charge on any atom is -0.329 e. The van der Waals surface area contributed by atoms with Crippen LogP contribution in [0.25, 0.3) is 0 Å². The maximum Gasteiger partial charge on any atom is 0.243 e. The van der Waals surface area contributed by atoms with Crippen molar-refractivity contribution in [2.45, 2.75) is 17.9 Å². The Labute approximate surface area is 117 Å². The van der Waals surface area contributed by atoms with E-state index in [9.17, 15) is 8.42 Å². The molecule has 0 aliphatic heterocycles. The summed E-state index contributed by atoms with van der Waals surface area (Å²) in [6.07, 6.45) is 6.95. The molecular formula is C11H18N6O2S. The van der Waals surface area contributed by atoms with E-state index in [1.165, 1.54) is 17.1 Å². The highest BCUT2D eigenvalue weighted by molar-refractivity contribution is 7.89. The lowest BCUT2D eigenvalue weighted by Crippen LogP contribution is -2.25. The number of aromatic nitrogens is 4. The average molecular weight is 298 g/mol. The third-order valence-electron chi connectivity index (χ3n) is 2.74. The summed E-state index contributed by atoms with van der Waals surface area (Å²) in [5.74, 6) is 0. The molecule has 0 aliphatic carbocycles. The molecule has 0 bridgehead atoms. The first-order valence-electron chi connectivity index (χ1n) is 6.21. The van der Waals surface area contributed by atoms with Gasteiger partial charge in [0.1, 0.15) is 4.90 Å². The molecule has 0 unspecified atom stereocenters. The van der Waals surface area contributed by atoms with E-state index in [1.54, 1.807) is 10.9 Å². The van der Waals surface area contributed by atoms with E-state index < -0.39 is 10.0 Å². The Kier molecular flexibility index (Phi) is 4.53. The van der Waals surface area contributed by atoms with Gasteiger partial charge in [-0.3, -0.25) is 9.36 Å². The minimum atomic E-state index is -3.52. The van der Waals surface area contributed by atoms with Crippen LogP contribution in [0.3, 0.4) is 0 Å². The van der Waals surface area contributed by atoms with Gasteiger partial charge in [0.2, 0.25) is 10.0 Å². The Hall–Kier alpha value is -1.71. The summed E-state index contributed by atoms with van der Waals surface area (Å²) in [7, 11) is -1.70. The van der Waals surface area contributed by atoms with Gasteiger partial charge in [0.15, 0.2) is 0 Å². The third-order valence-corrected chi connectivity index (χ3v) is 4.16. The number of hydrogen-bond donors (Lipinski definition) is 2. The fourth-order valence-electron chi connectivity index (χ4n) is 1.75. The van der Waals surface area contributed by atoms with Crippen molar-refractivity contribution in [2.75, 3.05) is 13.1 Å². The molecule has 110 valence electrons. The molecule has 0 spiro atoms. The van der Waals surface area contributed by atoms with Gasteiger partial charge >= 0.3 is 0 Å². The standard InChI is InChI=1S/C11H18N6O2S/c1-16-8-10(6-13-16)2-4-15-20(18,19)11-7-14-17(9-11)5-3-12/h6-9,15H,2-5,12H2,1H3. The predicted molar refractivity (Wildman–Crippen MR) is 73.4 cm³/mol. The molecule has 3 N–H and O–H groups in total. The molecule has 20 heavy (non-hydrogen) atoms. The summed E-state index contributed by atoms with van der Waals surface area (Å²) in [6.45, 7) is 1.22. The maximum absolute atomic E-state index is 12.0. The van der Waals surface area contributed by atoms with Gasteiger partial charge in [-0.2, -0.15) is 10.2 Å². The van der Waals surface area contributed by atoms with Gasteiger partial charge in [-0.15, -0.1) is 0 Å². The van der Waals surface area contributed by atoms with Gasteiger partial charge in [0.05, 0.1) is 18.9 Å². The molecule has 8 nitrogen and oxygen atoms in total. The summed E-state index contributed by atoms with van der Waals surface area (Å²) < 4.78 is 29.8. The van der Waals surface area contributed by atoms with E-state index >= 15 is 0 Å². The number of hydrogen-bond acceptors (Lipinski definition) is 5. The largest absolute Gasteiger partial charge is 0.329 e. The minimum absolute atomic E-state index is 0.150. The van der Waals surface area contributed by atoms with Crippen molar-refractivity contribution in [1.82, 2.24) is 24.3 Å². The number of sulfonamides is 1. The highest BCUT2D eigenvalue weighted by atomic mass is 32.2. The molecule has 2 heterocycles. The van der Waals surface area contributed by atoms with Crippen LogP contribution in [-0.4, -0.2) is 41.1 Å². The van der Waals surface area contributed by atoms with Crippen LogP contribution in [0.1, 0.15) is 5.56 Å². The number of nitrogens with one attached hydrogen (secondary N) is 1. The zero-order chi connectivity index (χ0) is 14.6. The quantitative estimate of drug-likeness (QED) is 0.688. The second-order valence-corrected chi connectivity index (χ2v) is 6.16. The van der Waals surface area contributed by atoms with Crippen LogP contribution in [0, 0.1) is 0 Å². The van der Waals surface area contributed by atoms with E-state index in [1.807, 2.05) is 13.2 Å². The second kappa shape index (κ2) is 6.16. The molecule has 0 aromatic carbocycles. The molecule has 9 heteroatoms. The van der Waals surface area contributed by atoms with E-state index in [0.717, 1.165) is 5.56 Å². The average Bonchev–Trinajstić information content (AvgIpc) is 2.99. The van der Waals surface area contributed by atoms with E-state index in [-0.39, 0.29) is 4.90 Å². The van der Waals surface area contributed by atoms with E-state index in [2.05, 4.69) is 14.9 Å². The monoisotopic (exact) mass is 298 g/mol. The smallest absolute Gasteiger partial charge is 0.243 e. The Bertz CT molecular complexity index is 660. The summed E-state index contributed by atoms with van der Waals surface area (Å²) in [5, 5.41) is 7.97. The van der Waals surface area contributed by atoms with Crippen LogP contribution in [0.5, 0.6) is 0 Å². The van der Waals surface area contributed by atoms with Crippen LogP contribution in [0.15, 0.2) is 29.7 Å². The first kappa shape index (κ1) is 14.7. The summed E-state index contributed by atoms with van der Waals surface area (Å²) in [4.78, 5) is 0.150. The maximum atomic E-state index is 12.0. The molecule has 2 aromatic rings. The second-order valence-electron chi connectivity index (χ2n) is 4.40. The molecule has 0 radical (unpaired) electrons. The molecule has 2 aromatic heterocycles. The topological polar surface area (TPSA) is 108 Å². The van der Waals surface area contributed by atoms with Crippen LogP contribution in [0.4, 0.5) is 0 Å². The normalized spacial score (nSPS) is 11.9. The first-order valence-corrected chi connectivity index (χ1v) is 7.69. The SMILES string of the molecule is Cn1cc(CCNS(=O)(=O)c2cnn(CCN)c2)cn1. The Morgan fingerprint density at radius 1 is 1.30 bits per heavy atom. The van der Waals surface area contributed by atoms with Crippen LogP contribution in [-0.2, 0) is 30.0 Å². The van der Waals surface area contributed by atoms with Crippen molar-refractivity contribution < 1.29 is 8.42 Å². The Morgan fingerprint density at radius 2 is 2.10 bits per heavy atom. The predicted octanol–water partition coefficient (Wildman–Crippen LogP) is -0.904. The number of rotatable bonds is 7. The van der Waals surface area contributed by atoms with Crippen molar-refractivity contribution in [3.05, 3.63) is 30.4 Å². The highest BCUT2D eigenvalue weighted by Crippen LogP contribution is 2.07. The van der Waals surface area contributed by atoms with Crippen molar-refractivity contribution in [1.29, 1.82) is 0 Å². The molecule has 0 aliphatic rings. The van der Waals surface area contributed by atoms with E-state index in [0.29, 0.717) is 26.1 Å². The molecule has 0 atom stereocenters. The third kappa shape index (κ3) is 3.65. The number of nitrogens with zero attached hydrogens (tertiary/aromatic N) is 4. The zero-order valence-electron chi connectivity index (χ0n) is 11.2. The van der Waals surface area contributed by atoms with Gasteiger partial charge in [-0.25, -0.2) is 13.1 Å². The van der Waals surface area contributed by atoms with Gasteiger partial charge in [0, 0.05) is 32.5 Å². The van der Waals surface area contributed by atoms with Crippen molar-refractivity contribution in [3.63, 3.8) is 0 Å². The lowest BCUT2D eigenvalue weighted by Gasteiger charge is -2.03. The van der Waals surface area contributed by atoms with Crippen LogP contribution in [0.2, 0.25) is 0 Å². The summed E-state index contributed by atoms with van der Waals surface area (Å²) >= 11 is 0. The molecular weight excluding hydrogens is 280 g/mol. The Morgan fingerprint density at radius 3 is 2.75 bits per heavy atom. The molecule has 0 amide bonds. The summed E-state index contributed by atoms with van der Waals surface area (Å²) in [6, 6.07) is 0. The fraction of sp³-hybridized carbons (Fsp3) is 0.455. The molecule has 0 saturated carbocycles. The lowest BCUT2D eigenvalue weighted by atomic mass is 10.3. The number of nitrogens with two attached hydrogens (primary N) is 1. The van der Waals surface area contributed by atoms with Gasteiger partial charge in [0.25, 0.3) is 0 Å². The van der Waals surface area contributed by atoms with Crippen molar-refractivity contribution in [2.24, 2.45) is 12.8 Å². The molecule has 0 saturated heterocycles. The summed E-state index contributed by atoms with van der Waals surface area (Å²) in [5.41, 5.74) is 6.37. The number of aryl methyl sites for hydroxylation is 1. The van der Waals surface area contributed by atoms with Gasteiger partial charge < -0.3 is 5.73 Å². The van der Waals surface area contributed by atoms with Crippen LogP contribution < -0.4 is 10.5 Å². The Balaban J connectivity index is 1.92. The molecule has 2 rings (SSSR count). The van der Waals surface area contributed by atoms with Gasteiger partial charge in [-0.1, -0.05) is 0 Å².